The number of aryl methyl sites for hydroxylation is 2. The number of halogens is 1. The molecule has 7 heteroatoms. The molecule has 0 saturated heterocycles. The molecule has 0 saturated carbocycles. The number of nitrogens with one attached hydrogen (secondary N) is 1. The Kier molecular flexibility index (Phi) is 7.27. The van der Waals surface area contributed by atoms with Gasteiger partial charge in [-0.2, -0.15) is 0 Å². The summed E-state index contributed by atoms with van der Waals surface area (Å²) in [6.07, 6.45) is 2.67. The molecule has 0 radical (unpaired) electrons. The highest BCUT2D eigenvalue weighted by molar-refractivity contribution is 7.92. The minimum absolute atomic E-state index is 0.321. The van der Waals surface area contributed by atoms with E-state index in [4.69, 9.17) is 11.6 Å². The zero-order valence-electron chi connectivity index (χ0n) is 15.8. The summed E-state index contributed by atoms with van der Waals surface area (Å²) in [6.45, 7) is 3.95. The van der Waals surface area contributed by atoms with Gasteiger partial charge in [-0.05, 0) is 62.1 Å². The van der Waals surface area contributed by atoms with Crippen LogP contribution in [-0.2, 0) is 21.2 Å². The number of amides is 1. The molecule has 1 N–H and O–H groups in total. The molecule has 2 aromatic carbocycles. The maximum absolute atomic E-state index is 12.5. The fraction of sp³-hybridized carbons (Fsp3) is 0.350. The Morgan fingerprint density at radius 3 is 2.44 bits per heavy atom. The van der Waals surface area contributed by atoms with Gasteiger partial charge in [-0.1, -0.05) is 35.9 Å². The SMILES string of the molecule is Cc1cccc(N([C@H](C)C(=O)NCCCc2ccc(Cl)cc2)S(C)(=O)=O)c1. The van der Waals surface area contributed by atoms with E-state index >= 15 is 0 Å². The van der Waals surface area contributed by atoms with E-state index < -0.39 is 16.1 Å². The van der Waals surface area contributed by atoms with Crippen molar-refractivity contribution >= 4 is 33.2 Å². The van der Waals surface area contributed by atoms with Gasteiger partial charge in [0.1, 0.15) is 6.04 Å². The van der Waals surface area contributed by atoms with Crippen molar-refractivity contribution < 1.29 is 13.2 Å². The number of carbonyl (C=O) groups is 1. The molecule has 1 amide bonds. The Hall–Kier alpha value is -2.05. The standard InChI is InChI=1S/C20H25ClN2O3S/c1-15-6-4-8-19(14-15)23(27(3,25)26)16(2)20(24)22-13-5-7-17-9-11-18(21)12-10-17/h4,6,8-12,14,16H,5,7,13H2,1-3H3,(H,22,24)/t16-/m1/s1. The van der Waals surface area contributed by atoms with E-state index in [-0.39, 0.29) is 5.91 Å². The molecule has 5 nitrogen and oxygen atoms in total. The van der Waals surface area contributed by atoms with E-state index in [0.717, 1.165) is 34.5 Å². The van der Waals surface area contributed by atoms with Crippen molar-refractivity contribution in [1.29, 1.82) is 0 Å². The van der Waals surface area contributed by atoms with Gasteiger partial charge >= 0.3 is 0 Å². The molecule has 0 heterocycles. The molecule has 0 aromatic heterocycles. The predicted octanol–water partition coefficient (Wildman–Crippen LogP) is 3.55. The average Bonchev–Trinajstić information content (AvgIpc) is 2.59. The Bertz CT molecular complexity index is 882. The highest BCUT2D eigenvalue weighted by Gasteiger charge is 2.28. The quantitative estimate of drug-likeness (QED) is 0.679. The van der Waals surface area contributed by atoms with E-state index in [1.165, 1.54) is 0 Å². The molecule has 1 atom stereocenters. The number of anilines is 1. The summed E-state index contributed by atoms with van der Waals surface area (Å²) in [5, 5.41) is 3.52. The fourth-order valence-corrected chi connectivity index (χ4v) is 4.17. The van der Waals surface area contributed by atoms with E-state index in [1.807, 2.05) is 37.3 Å². The Morgan fingerprint density at radius 1 is 1.19 bits per heavy atom. The van der Waals surface area contributed by atoms with E-state index in [1.54, 1.807) is 25.1 Å². The molecular formula is C20H25ClN2O3S. The minimum atomic E-state index is -3.60. The Balaban J connectivity index is 1.97. The number of hydrogen-bond acceptors (Lipinski definition) is 3. The van der Waals surface area contributed by atoms with Gasteiger partial charge in [-0.25, -0.2) is 8.42 Å². The number of carbonyl (C=O) groups excluding carboxylic acids is 1. The lowest BCUT2D eigenvalue weighted by molar-refractivity contribution is -0.121. The maximum atomic E-state index is 12.5. The van der Waals surface area contributed by atoms with Crippen LogP contribution in [0.2, 0.25) is 5.02 Å². The highest BCUT2D eigenvalue weighted by atomic mass is 35.5. The average molecular weight is 409 g/mol. The number of nitrogens with zero attached hydrogens (tertiary/aromatic N) is 1. The summed E-state index contributed by atoms with van der Waals surface area (Å²) in [5.74, 6) is -0.321. The van der Waals surface area contributed by atoms with Crippen LogP contribution >= 0.6 is 11.6 Å². The lowest BCUT2D eigenvalue weighted by atomic mass is 10.1. The molecule has 0 aliphatic heterocycles. The molecule has 0 spiro atoms. The topological polar surface area (TPSA) is 66.5 Å². The highest BCUT2D eigenvalue weighted by Crippen LogP contribution is 2.22. The number of sulfonamides is 1. The van der Waals surface area contributed by atoms with E-state index in [9.17, 15) is 13.2 Å². The summed E-state index contributed by atoms with van der Waals surface area (Å²) in [6, 6.07) is 13.9. The lowest BCUT2D eigenvalue weighted by Gasteiger charge is -2.28. The van der Waals surface area contributed by atoms with Crippen molar-refractivity contribution in [3.05, 3.63) is 64.7 Å². The van der Waals surface area contributed by atoms with Gasteiger partial charge in [-0.15, -0.1) is 0 Å². The molecule has 0 fully saturated rings. The first-order valence-electron chi connectivity index (χ1n) is 8.76. The number of benzene rings is 2. The van der Waals surface area contributed by atoms with Crippen LogP contribution in [0.3, 0.4) is 0 Å². The molecule has 27 heavy (non-hydrogen) atoms. The van der Waals surface area contributed by atoms with Crippen LogP contribution in [0, 0.1) is 6.92 Å². The lowest BCUT2D eigenvalue weighted by Crippen LogP contribution is -2.48. The van der Waals surface area contributed by atoms with Gasteiger partial charge in [0.2, 0.25) is 15.9 Å². The van der Waals surface area contributed by atoms with Crippen LogP contribution in [0.15, 0.2) is 48.5 Å². The zero-order chi connectivity index (χ0) is 20.0. The van der Waals surface area contributed by atoms with Crippen molar-refractivity contribution in [2.75, 3.05) is 17.1 Å². The summed E-state index contributed by atoms with van der Waals surface area (Å²) in [4.78, 5) is 12.5. The van der Waals surface area contributed by atoms with E-state index in [0.29, 0.717) is 17.3 Å². The van der Waals surface area contributed by atoms with Gasteiger partial charge in [0.25, 0.3) is 0 Å². The summed E-state index contributed by atoms with van der Waals surface area (Å²) in [7, 11) is -3.60. The van der Waals surface area contributed by atoms with Gasteiger partial charge in [-0.3, -0.25) is 9.10 Å². The van der Waals surface area contributed by atoms with Gasteiger partial charge in [0.05, 0.1) is 11.9 Å². The molecular weight excluding hydrogens is 384 g/mol. The van der Waals surface area contributed by atoms with Gasteiger partial charge in [0, 0.05) is 11.6 Å². The smallest absolute Gasteiger partial charge is 0.243 e. The molecule has 0 unspecified atom stereocenters. The van der Waals surface area contributed by atoms with E-state index in [2.05, 4.69) is 5.32 Å². The molecule has 2 aromatic rings. The third-order valence-electron chi connectivity index (χ3n) is 4.20. The van der Waals surface area contributed by atoms with Crippen LogP contribution < -0.4 is 9.62 Å². The van der Waals surface area contributed by atoms with Crippen LogP contribution in [0.1, 0.15) is 24.5 Å². The largest absolute Gasteiger partial charge is 0.354 e. The maximum Gasteiger partial charge on any atom is 0.243 e. The molecule has 2 rings (SSSR count). The molecule has 0 bridgehead atoms. The van der Waals surface area contributed by atoms with Crippen molar-refractivity contribution in [3.63, 3.8) is 0 Å². The third kappa shape index (κ3) is 6.26. The molecule has 0 aliphatic carbocycles. The van der Waals surface area contributed by atoms with Crippen molar-refractivity contribution in [2.45, 2.75) is 32.7 Å². The second kappa shape index (κ2) is 9.24. The third-order valence-corrected chi connectivity index (χ3v) is 5.69. The zero-order valence-corrected chi connectivity index (χ0v) is 17.3. The molecule has 0 aliphatic rings. The van der Waals surface area contributed by atoms with Crippen molar-refractivity contribution in [3.8, 4) is 0 Å². The molecule has 146 valence electrons. The number of rotatable bonds is 8. The first-order valence-corrected chi connectivity index (χ1v) is 11.0. The van der Waals surface area contributed by atoms with Crippen LogP contribution in [0.5, 0.6) is 0 Å². The number of hydrogen-bond donors (Lipinski definition) is 1. The summed E-state index contributed by atoms with van der Waals surface area (Å²) >= 11 is 5.87. The second-order valence-corrected chi connectivity index (χ2v) is 8.89. The van der Waals surface area contributed by atoms with Crippen molar-refractivity contribution in [2.24, 2.45) is 0 Å². The normalized spacial score (nSPS) is 12.4. The van der Waals surface area contributed by atoms with Gasteiger partial charge in [0.15, 0.2) is 0 Å². The second-order valence-electron chi connectivity index (χ2n) is 6.59. The van der Waals surface area contributed by atoms with Crippen molar-refractivity contribution in [1.82, 2.24) is 5.32 Å². The fourth-order valence-electron chi connectivity index (χ4n) is 2.88. The first-order chi connectivity index (χ1) is 12.7. The summed E-state index contributed by atoms with van der Waals surface area (Å²) in [5.41, 5.74) is 2.55. The van der Waals surface area contributed by atoms with Crippen LogP contribution in [-0.4, -0.2) is 33.2 Å². The minimum Gasteiger partial charge on any atom is -0.354 e. The van der Waals surface area contributed by atoms with Crippen LogP contribution in [0.25, 0.3) is 0 Å². The Morgan fingerprint density at radius 2 is 1.85 bits per heavy atom. The monoisotopic (exact) mass is 408 g/mol. The predicted molar refractivity (Wildman–Crippen MR) is 111 cm³/mol. The summed E-state index contributed by atoms with van der Waals surface area (Å²) < 4.78 is 25.7. The first kappa shape index (κ1) is 21.3. The van der Waals surface area contributed by atoms with Crippen LogP contribution in [0.4, 0.5) is 5.69 Å². The Labute approximate surface area is 166 Å². The van der Waals surface area contributed by atoms with Gasteiger partial charge < -0.3 is 5.32 Å².